The summed E-state index contributed by atoms with van der Waals surface area (Å²) < 4.78 is 42.4. The lowest BCUT2D eigenvalue weighted by atomic mass is 9.72. The van der Waals surface area contributed by atoms with E-state index in [0.717, 1.165) is 24.8 Å². The Hall–Kier alpha value is -2.17. The van der Waals surface area contributed by atoms with Gasteiger partial charge >= 0.3 is 0 Å². The number of fused-ring (bicyclic) bond motifs is 1. The van der Waals surface area contributed by atoms with E-state index in [1.54, 1.807) is 11.3 Å². The predicted octanol–water partition coefficient (Wildman–Crippen LogP) is 3.81. The average Bonchev–Trinajstić information content (AvgIpc) is 3.34. The maximum atomic E-state index is 13.4. The zero-order valence-electron chi connectivity index (χ0n) is 21.0. The lowest BCUT2D eigenvalue weighted by Gasteiger charge is -2.33. The summed E-state index contributed by atoms with van der Waals surface area (Å²) in [4.78, 5) is 14.5. The van der Waals surface area contributed by atoms with Crippen molar-refractivity contribution in [2.75, 3.05) is 30.0 Å². The van der Waals surface area contributed by atoms with Gasteiger partial charge in [-0.1, -0.05) is 20.8 Å². The van der Waals surface area contributed by atoms with Crippen molar-refractivity contribution in [1.29, 1.82) is 0 Å². The van der Waals surface area contributed by atoms with Crippen molar-refractivity contribution in [3.63, 3.8) is 0 Å². The first-order chi connectivity index (χ1) is 16.9. The molecule has 7 nitrogen and oxygen atoms in total. The van der Waals surface area contributed by atoms with Gasteiger partial charge < -0.3 is 20.5 Å². The third-order valence-corrected chi connectivity index (χ3v) is 10.0. The molecule has 1 aliphatic carbocycles. The minimum atomic E-state index is -3.11. The van der Waals surface area contributed by atoms with Gasteiger partial charge in [0, 0.05) is 17.5 Å². The van der Waals surface area contributed by atoms with Crippen LogP contribution in [0.5, 0.6) is 5.75 Å². The topological polar surface area (TPSA) is 105 Å². The van der Waals surface area contributed by atoms with Crippen molar-refractivity contribution < 1.29 is 27.4 Å². The molecule has 1 aliphatic heterocycles. The van der Waals surface area contributed by atoms with Gasteiger partial charge in [-0.2, -0.15) is 0 Å². The molecule has 2 aromatic rings. The number of rotatable bonds is 8. The Bertz CT molecular complexity index is 1190. The maximum absolute atomic E-state index is 13.4. The molecular weight excluding hydrogens is 503 g/mol. The Morgan fingerprint density at radius 3 is 2.61 bits per heavy atom. The second-order valence-electron chi connectivity index (χ2n) is 10.9. The molecule has 0 radical (unpaired) electrons. The number of aliphatic hydroxyl groups is 1. The predicted molar refractivity (Wildman–Crippen MR) is 140 cm³/mol. The molecule has 1 aromatic heterocycles. The molecule has 3 unspecified atom stereocenters. The summed E-state index contributed by atoms with van der Waals surface area (Å²) in [6.07, 6.45) is 2.23. The molecule has 1 amide bonds. The molecule has 198 valence electrons. The van der Waals surface area contributed by atoms with E-state index in [1.165, 1.54) is 29.1 Å². The number of hydrogen-bond donors (Lipinski definition) is 3. The van der Waals surface area contributed by atoms with Crippen LogP contribution in [0.15, 0.2) is 24.3 Å². The number of amides is 1. The molecule has 2 heterocycles. The van der Waals surface area contributed by atoms with Crippen molar-refractivity contribution in [2.24, 2.45) is 11.3 Å². The summed E-state index contributed by atoms with van der Waals surface area (Å²) in [6.45, 7) is 6.89. The monoisotopic (exact) mass is 538 g/mol. The van der Waals surface area contributed by atoms with Gasteiger partial charge in [0.15, 0.2) is 9.84 Å². The molecule has 1 saturated heterocycles. The smallest absolute Gasteiger partial charge is 0.254 e. The molecule has 4 rings (SSSR count). The number of anilines is 1. The average molecular weight is 539 g/mol. The van der Waals surface area contributed by atoms with Crippen LogP contribution in [0.2, 0.25) is 0 Å². The molecule has 0 bridgehead atoms. The van der Waals surface area contributed by atoms with Crippen LogP contribution < -0.4 is 15.4 Å². The molecule has 1 aromatic carbocycles. The van der Waals surface area contributed by atoms with Crippen LogP contribution in [-0.2, 0) is 22.7 Å². The van der Waals surface area contributed by atoms with E-state index in [-0.39, 0.29) is 47.8 Å². The van der Waals surface area contributed by atoms with Gasteiger partial charge in [0.1, 0.15) is 29.3 Å². The zero-order chi connectivity index (χ0) is 26.1. The van der Waals surface area contributed by atoms with Gasteiger partial charge in [-0.05, 0) is 66.8 Å². The van der Waals surface area contributed by atoms with Gasteiger partial charge in [0.05, 0.1) is 17.1 Å². The van der Waals surface area contributed by atoms with E-state index >= 15 is 0 Å². The molecule has 0 spiro atoms. The van der Waals surface area contributed by atoms with Crippen LogP contribution in [0.25, 0.3) is 0 Å². The van der Waals surface area contributed by atoms with E-state index in [0.29, 0.717) is 28.7 Å². The van der Waals surface area contributed by atoms with Gasteiger partial charge in [0.2, 0.25) is 0 Å². The quantitative estimate of drug-likeness (QED) is 0.472. The van der Waals surface area contributed by atoms with E-state index in [4.69, 9.17) is 4.74 Å². The Labute approximate surface area is 216 Å². The number of carbonyl (C=O) groups is 1. The lowest BCUT2D eigenvalue weighted by molar-refractivity contribution is 0.0940. The molecule has 0 saturated carbocycles. The first-order valence-electron chi connectivity index (χ1n) is 12.4. The number of ether oxygens (including phenoxy) is 1. The summed E-state index contributed by atoms with van der Waals surface area (Å²) in [5.74, 6) is 0.408. The highest BCUT2D eigenvalue weighted by molar-refractivity contribution is 7.91. The lowest BCUT2D eigenvalue weighted by Crippen LogP contribution is -2.36. The summed E-state index contributed by atoms with van der Waals surface area (Å²) in [7, 11) is -3.11. The molecule has 36 heavy (non-hydrogen) atoms. The normalized spacial score (nSPS) is 22.0. The Balaban J connectivity index is 1.47. The standard InChI is InChI=1S/C26H35FN2O5S2/c1-26(2,3)16-4-9-21-22(12-16)35-25(23(21)24(31)29-18-10-11-36(32,33)15-18)28-13-19(30)14-34-20-7-5-17(27)6-8-20/h5-8,16,18-19,28,30H,4,9-15H2,1-3H3,(H,29,31). The van der Waals surface area contributed by atoms with Crippen molar-refractivity contribution >= 4 is 32.1 Å². The van der Waals surface area contributed by atoms with Crippen LogP contribution in [0, 0.1) is 17.2 Å². The van der Waals surface area contributed by atoms with Crippen molar-refractivity contribution in [2.45, 2.75) is 58.6 Å². The molecular formula is C26H35FN2O5S2. The number of carbonyl (C=O) groups excluding carboxylic acids is 1. The molecule has 1 fully saturated rings. The van der Waals surface area contributed by atoms with E-state index in [9.17, 15) is 22.7 Å². The fourth-order valence-corrected chi connectivity index (χ4v) is 7.85. The van der Waals surface area contributed by atoms with Gasteiger partial charge in [-0.15, -0.1) is 11.3 Å². The van der Waals surface area contributed by atoms with Crippen LogP contribution in [0.3, 0.4) is 0 Å². The molecule has 3 atom stereocenters. The summed E-state index contributed by atoms with van der Waals surface area (Å²) in [6, 6.07) is 5.20. The highest BCUT2D eigenvalue weighted by Crippen LogP contribution is 2.44. The van der Waals surface area contributed by atoms with E-state index in [1.807, 2.05) is 0 Å². The molecule has 2 aliphatic rings. The minimum absolute atomic E-state index is 0.0112. The Kier molecular flexibility index (Phi) is 7.97. The van der Waals surface area contributed by atoms with E-state index in [2.05, 4.69) is 31.4 Å². The fraction of sp³-hybridized carbons (Fsp3) is 0.577. The number of benzene rings is 1. The second-order valence-corrected chi connectivity index (χ2v) is 14.2. The second kappa shape index (κ2) is 10.7. The largest absolute Gasteiger partial charge is 0.491 e. The van der Waals surface area contributed by atoms with Crippen molar-refractivity contribution in [3.8, 4) is 5.75 Å². The third-order valence-electron chi connectivity index (χ3n) is 7.04. The highest BCUT2D eigenvalue weighted by Gasteiger charge is 2.35. The maximum Gasteiger partial charge on any atom is 0.254 e. The van der Waals surface area contributed by atoms with Crippen LogP contribution in [-0.4, -0.2) is 56.2 Å². The first kappa shape index (κ1) is 26.9. The van der Waals surface area contributed by atoms with Crippen molar-refractivity contribution in [1.82, 2.24) is 5.32 Å². The highest BCUT2D eigenvalue weighted by atomic mass is 32.2. The number of sulfone groups is 1. The number of nitrogens with one attached hydrogen (secondary N) is 2. The number of halogens is 1. The summed E-state index contributed by atoms with van der Waals surface area (Å²) in [5, 5.41) is 17.3. The molecule has 3 N–H and O–H groups in total. The fourth-order valence-electron chi connectivity index (χ4n) is 4.85. The Morgan fingerprint density at radius 2 is 1.97 bits per heavy atom. The Morgan fingerprint density at radius 1 is 1.25 bits per heavy atom. The summed E-state index contributed by atoms with van der Waals surface area (Å²) in [5.41, 5.74) is 1.75. The third kappa shape index (κ3) is 6.58. The first-order valence-corrected chi connectivity index (χ1v) is 15.0. The van der Waals surface area contributed by atoms with Gasteiger partial charge in [-0.3, -0.25) is 4.79 Å². The van der Waals surface area contributed by atoms with E-state index < -0.39 is 15.9 Å². The number of aliphatic hydroxyl groups excluding tert-OH is 1. The van der Waals surface area contributed by atoms with Crippen LogP contribution in [0.1, 0.15) is 54.4 Å². The number of hydrogen-bond acceptors (Lipinski definition) is 7. The van der Waals surface area contributed by atoms with Gasteiger partial charge in [-0.25, -0.2) is 12.8 Å². The van der Waals surface area contributed by atoms with Crippen LogP contribution >= 0.6 is 11.3 Å². The summed E-state index contributed by atoms with van der Waals surface area (Å²) >= 11 is 1.54. The minimum Gasteiger partial charge on any atom is -0.491 e. The van der Waals surface area contributed by atoms with Crippen LogP contribution in [0.4, 0.5) is 9.39 Å². The number of thiophene rings is 1. The molecule has 10 heteroatoms. The van der Waals surface area contributed by atoms with Crippen molar-refractivity contribution in [3.05, 3.63) is 46.1 Å². The zero-order valence-corrected chi connectivity index (χ0v) is 22.6. The van der Waals surface area contributed by atoms with Gasteiger partial charge in [0.25, 0.3) is 5.91 Å². The SMILES string of the molecule is CC(C)(C)C1CCc2c(sc(NCC(O)COc3ccc(F)cc3)c2C(=O)NC2CCS(=O)(=O)C2)C1.